The van der Waals surface area contributed by atoms with Crippen LogP contribution in [-0.2, 0) is 26.2 Å². The van der Waals surface area contributed by atoms with Crippen LogP contribution in [0.15, 0.2) is 65.7 Å². The van der Waals surface area contributed by atoms with Crippen molar-refractivity contribution in [3.63, 3.8) is 0 Å². The van der Waals surface area contributed by atoms with Gasteiger partial charge >= 0.3 is 5.97 Å². The normalized spacial score (nSPS) is 14.7. The molecule has 220 valence electrons. The summed E-state index contributed by atoms with van der Waals surface area (Å²) in [6.45, 7) is -0.900. The maximum Gasteiger partial charge on any atom is 0.318 e. The molecular weight excluding hydrogens is 578 g/mol. The van der Waals surface area contributed by atoms with E-state index in [1.807, 2.05) is 0 Å². The Balaban J connectivity index is 1.39. The molecule has 0 aliphatic heterocycles. The smallest absolute Gasteiger partial charge is 0.318 e. The van der Waals surface area contributed by atoms with E-state index in [1.165, 1.54) is 36.8 Å². The van der Waals surface area contributed by atoms with Crippen LogP contribution in [0.4, 0.5) is 5.13 Å². The lowest BCUT2D eigenvalue weighted by Crippen LogP contribution is -2.35. The molecule has 1 saturated carbocycles. The SMILES string of the molecule is COc1ccc2nc(NC(=O)C(CC3CCCC3)c3ccc(S(=O)(=O)N(CC(=O)O)Cc4ccccn4)cc3)sc2n1. The van der Waals surface area contributed by atoms with E-state index in [0.717, 1.165) is 30.0 Å². The minimum atomic E-state index is -4.16. The molecule has 4 aromatic rings. The van der Waals surface area contributed by atoms with E-state index in [-0.39, 0.29) is 17.3 Å². The Kier molecular flexibility index (Phi) is 9.09. The van der Waals surface area contributed by atoms with Gasteiger partial charge in [-0.25, -0.2) is 18.4 Å². The van der Waals surface area contributed by atoms with E-state index in [1.54, 1.807) is 42.5 Å². The topological polar surface area (TPSA) is 152 Å². The van der Waals surface area contributed by atoms with Gasteiger partial charge in [0.2, 0.25) is 21.8 Å². The number of nitrogens with one attached hydrogen (secondary N) is 1. The van der Waals surface area contributed by atoms with E-state index in [2.05, 4.69) is 20.3 Å². The molecule has 13 heteroatoms. The molecule has 1 atom stereocenters. The van der Waals surface area contributed by atoms with Gasteiger partial charge in [-0.05, 0) is 48.2 Å². The van der Waals surface area contributed by atoms with Crippen LogP contribution in [-0.4, -0.2) is 58.3 Å². The van der Waals surface area contributed by atoms with Crippen molar-refractivity contribution in [3.05, 3.63) is 72.1 Å². The van der Waals surface area contributed by atoms with Crippen LogP contribution in [0.3, 0.4) is 0 Å². The van der Waals surface area contributed by atoms with Crippen LogP contribution < -0.4 is 10.1 Å². The second-order valence-electron chi connectivity index (χ2n) is 10.2. The Morgan fingerprint density at radius 3 is 2.52 bits per heavy atom. The van der Waals surface area contributed by atoms with Crippen molar-refractivity contribution in [3.8, 4) is 5.88 Å². The fourth-order valence-corrected chi connectivity index (χ4v) is 7.40. The standard InChI is InChI=1S/C29H31N5O6S2/c1-40-25-14-13-24-28(32-25)41-29(31-24)33-27(37)23(16-19-6-2-3-7-19)20-9-11-22(12-10-20)42(38,39)34(18-26(35)36)17-21-8-4-5-15-30-21/h4-5,8-15,19,23H,2-3,6-7,16-18H2,1H3,(H,35,36)(H,31,33,37). The quantitative estimate of drug-likeness (QED) is 0.233. The van der Waals surface area contributed by atoms with Crippen molar-refractivity contribution < 1.29 is 27.9 Å². The zero-order chi connectivity index (χ0) is 29.7. The number of benzene rings is 1. The first-order valence-corrected chi connectivity index (χ1v) is 15.8. The summed E-state index contributed by atoms with van der Waals surface area (Å²) in [6.07, 6.45) is 6.47. The number of hydrogen-bond acceptors (Lipinski definition) is 9. The summed E-state index contributed by atoms with van der Waals surface area (Å²) in [7, 11) is -2.63. The van der Waals surface area contributed by atoms with E-state index >= 15 is 0 Å². The first-order valence-electron chi connectivity index (χ1n) is 13.6. The Labute approximate surface area is 247 Å². The first-order chi connectivity index (χ1) is 20.2. The molecule has 2 N–H and O–H groups in total. The number of nitrogens with zero attached hydrogens (tertiary/aromatic N) is 4. The highest BCUT2D eigenvalue weighted by Crippen LogP contribution is 2.36. The summed E-state index contributed by atoms with van der Waals surface area (Å²) in [5.74, 6) is -1.19. The fraction of sp³-hybridized carbons (Fsp3) is 0.345. The summed E-state index contributed by atoms with van der Waals surface area (Å²) in [6, 6.07) is 14.7. The monoisotopic (exact) mass is 609 g/mol. The van der Waals surface area contributed by atoms with Crippen molar-refractivity contribution in [2.75, 3.05) is 19.0 Å². The summed E-state index contributed by atoms with van der Waals surface area (Å²) < 4.78 is 33.0. The van der Waals surface area contributed by atoms with Crippen LogP contribution >= 0.6 is 11.3 Å². The molecule has 0 radical (unpaired) electrons. The molecule has 1 aromatic carbocycles. The second-order valence-corrected chi connectivity index (χ2v) is 13.1. The number of fused-ring (bicyclic) bond motifs is 1. The molecule has 3 aromatic heterocycles. The molecule has 1 amide bonds. The number of pyridine rings is 2. The zero-order valence-corrected chi connectivity index (χ0v) is 24.6. The summed E-state index contributed by atoms with van der Waals surface area (Å²) in [4.78, 5) is 38.7. The van der Waals surface area contributed by atoms with Crippen LogP contribution in [0, 0.1) is 5.92 Å². The molecule has 1 unspecified atom stereocenters. The van der Waals surface area contributed by atoms with Gasteiger partial charge in [-0.2, -0.15) is 4.31 Å². The van der Waals surface area contributed by atoms with Crippen LogP contribution in [0.1, 0.15) is 49.3 Å². The lowest BCUT2D eigenvalue weighted by atomic mass is 9.87. The molecule has 3 heterocycles. The molecule has 5 rings (SSSR count). The van der Waals surface area contributed by atoms with E-state index in [0.29, 0.717) is 45.0 Å². The summed E-state index contributed by atoms with van der Waals surface area (Å²) in [5.41, 5.74) is 1.75. The summed E-state index contributed by atoms with van der Waals surface area (Å²) in [5, 5.41) is 12.8. The number of anilines is 1. The van der Waals surface area contributed by atoms with Gasteiger partial charge in [0.15, 0.2) is 5.13 Å². The number of rotatable bonds is 12. The van der Waals surface area contributed by atoms with Crippen LogP contribution in [0.5, 0.6) is 5.88 Å². The van der Waals surface area contributed by atoms with Crippen molar-refractivity contribution in [2.24, 2.45) is 5.92 Å². The predicted molar refractivity (Wildman–Crippen MR) is 158 cm³/mol. The maximum atomic E-state index is 13.6. The Morgan fingerprint density at radius 2 is 1.86 bits per heavy atom. The number of carboxylic acid groups (broad SMARTS) is 1. The highest BCUT2D eigenvalue weighted by atomic mass is 32.2. The van der Waals surface area contributed by atoms with Gasteiger partial charge < -0.3 is 15.2 Å². The van der Waals surface area contributed by atoms with Gasteiger partial charge in [-0.1, -0.05) is 55.2 Å². The third kappa shape index (κ3) is 6.92. The number of ether oxygens (including phenoxy) is 1. The Hall–Kier alpha value is -3.94. The minimum Gasteiger partial charge on any atom is -0.481 e. The summed E-state index contributed by atoms with van der Waals surface area (Å²) >= 11 is 1.25. The Bertz CT molecular complexity index is 1660. The lowest BCUT2D eigenvalue weighted by molar-refractivity contribution is -0.137. The number of carbonyl (C=O) groups excluding carboxylic acids is 1. The second kappa shape index (κ2) is 12.9. The van der Waals surface area contributed by atoms with Gasteiger partial charge in [0, 0.05) is 12.3 Å². The number of amides is 1. The minimum absolute atomic E-state index is 0.0605. The van der Waals surface area contributed by atoms with Gasteiger partial charge in [0.1, 0.15) is 16.9 Å². The number of methoxy groups -OCH3 is 1. The largest absolute Gasteiger partial charge is 0.481 e. The molecule has 1 fully saturated rings. The van der Waals surface area contributed by atoms with Crippen molar-refractivity contribution in [2.45, 2.75) is 49.5 Å². The van der Waals surface area contributed by atoms with Crippen molar-refractivity contribution in [1.82, 2.24) is 19.3 Å². The third-order valence-corrected chi connectivity index (χ3v) is 10.0. The van der Waals surface area contributed by atoms with E-state index in [4.69, 9.17) is 4.74 Å². The number of carboxylic acids is 1. The lowest BCUT2D eigenvalue weighted by Gasteiger charge is -2.22. The molecule has 0 bridgehead atoms. The molecule has 1 aliphatic carbocycles. The molecular formula is C29H31N5O6S2. The molecule has 0 spiro atoms. The third-order valence-electron chi connectivity index (χ3n) is 7.33. The Morgan fingerprint density at radius 1 is 1.10 bits per heavy atom. The number of aliphatic carboxylic acids is 1. The van der Waals surface area contributed by atoms with Gasteiger partial charge in [0.05, 0.1) is 30.2 Å². The van der Waals surface area contributed by atoms with Crippen molar-refractivity contribution >= 4 is 48.7 Å². The zero-order valence-electron chi connectivity index (χ0n) is 23.0. The number of hydrogen-bond donors (Lipinski definition) is 2. The molecule has 1 aliphatic rings. The maximum absolute atomic E-state index is 13.6. The number of carbonyl (C=O) groups is 2. The van der Waals surface area contributed by atoms with Gasteiger partial charge in [-0.15, -0.1) is 0 Å². The molecule has 42 heavy (non-hydrogen) atoms. The number of sulfonamides is 1. The first kappa shape index (κ1) is 29.5. The number of aromatic nitrogens is 3. The van der Waals surface area contributed by atoms with Crippen LogP contribution in [0.25, 0.3) is 10.3 Å². The van der Waals surface area contributed by atoms with E-state index < -0.39 is 28.5 Å². The molecule has 0 saturated heterocycles. The highest BCUT2D eigenvalue weighted by molar-refractivity contribution is 7.89. The fourth-order valence-electron chi connectivity index (χ4n) is 5.20. The van der Waals surface area contributed by atoms with Gasteiger partial charge in [0.25, 0.3) is 0 Å². The number of thiazole rings is 1. The van der Waals surface area contributed by atoms with Crippen LogP contribution in [0.2, 0.25) is 0 Å². The van der Waals surface area contributed by atoms with E-state index in [9.17, 15) is 23.1 Å². The average molecular weight is 610 g/mol. The van der Waals surface area contributed by atoms with Crippen molar-refractivity contribution in [1.29, 1.82) is 0 Å². The molecule has 11 nitrogen and oxygen atoms in total. The predicted octanol–water partition coefficient (Wildman–Crippen LogP) is 4.67. The average Bonchev–Trinajstić information content (AvgIpc) is 3.65. The van der Waals surface area contributed by atoms with Gasteiger partial charge in [-0.3, -0.25) is 14.6 Å². The highest BCUT2D eigenvalue weighted by Gasteiger charge is 2.30.